The Labute approximate surface area is 92.9 Å². The fraction of sp³-hybridized carbons (Fsp3) is 0.556. The Morgan fingerprint density at radius 2 is 2.17 bits per heavy atom. The molecule has 3 heteroatoms. The van der Waals surface area contributed by atoms with Crippen LogP contribution in [0.2, 0.25) is 0 Å². The largest absolute Gasteiger partial charge is 0.176 e. The van der Waals surface area contributed by atoms with Crippen LogP contribution in [0.5, 0.6) is 0 Å². The van der Waals surface area contributed by atoms with Crippen LogP contribution in [0.3, 0.4) is 0 Å². The second kappa shape index (κ2) is 6.98. The van der Waals surface area contributed by atoms with Crippen LogP contribution in [-0.2, 0) is 6.42 Å². The molecule has 0 saturated heterocycles. The maximum atomic E-state index is 4.32. The molecule has 0 nitrogen and oxygen atoms in total. The molecule has 0 aliphatic carbocycles. The zero-order chi connectivity index (χ0) is 9.56. The van der Waals surface area contributed by atoms with Crippen molar-refractivity contribution in [3.8, 4) is 0 Å². The summed E-state index contributed by atoms with van der Waals surface area (Å²) >= 11 is 9.52. The van der Waals surface area contributed by atoms with E-state index < -0.39 is 0 Å². The van der Waals surface area contributed by atoms with Crippen LogP contribution in [0.25, 0.3) is 0 Å². The van der Waals surface area contributed by atoms with E-state index in [-0.39, 0.29) is 0 Å². The summed E-state index contributed by atoms with van der Waals surface area (Å²) in [5.74, 6) is 0. The van der Waals surface area contributed by atoms with Crippen molar-refractivity contribution < 1.29 is 0 Å². The van der Waals surface area contributed by atoms with Crippen LogP contribution >= 0.6 is 39.9 Å². The summed E-state index contributed by atoms with van der Waals surface area (Å²) in [6, 6.07) is 2.14. The van der Waals surface area contributed by atoms with Crippen molar-refractivity contribution in [3.63, 3.8) is 0 Å². The van der Waals surface area contributed by atoms with Crippen molar-refractivity contribution in [2.24, 2.45) is 0 Å². The van der Waals surface area contributed by atoms with E-state index in [4.69, 9.17) is 0 Å². The van der Waals surface area contributed by atoms with E-state index in [1.807, 2.05) is 13.8 Å². The first-order valence-electron chi connectivity index (χ1n) is 4.10. The minimum atomic E-state index is 0.450. The van der Waals surface area contributed by atoms with Gasteiger partial charge in [-0.1, -0.05) is 20.8 Å². The number of thiol groups is 1. The van der Waals surface area contributed by atoms with Crippen molar-refractivity contribution in [1.29, 1.82) is 0 Å². The average Bonchev–Trinajstić information content (AvgIpc) is 2.40. The van der Waals surface area contributed by atoms with Gasteiger partial charge in [0.25, 0.3) is 0 Å². The molecule has 70 valence electrons. The Kier molecular flexibility index (Phi) is 7.29. The van der Waals surface area contributed by atoms with E-state index in [2.05, 4.69) is 46.9 Å². The molecule has 0 amide bonds. The van der Waals surface area contributed by atoms with Crippen LogP contribution in [0, 0.1) is 0 Å². The van der Waals surface area contributed by atoms with E-state index in [1.54, 1.807) is 11.3 Å². The summed E-state index contributed by atoms with van der Waals surface area (Å²) in [5.41, 5.74) is 1.37. The first kappa shape index (κ1) is 12.5. The van der Waals surface area contributed by atoms with Gasteiger partial charge in [-0.15, -0.1) is 11.3 Å². The third-order valence-electron chi connectivity index (χ3n) is 1.21. The molecule has 0 aliphatic heterocycles. The average molecular weight is 267 g/mol. The second-order valence-corrected chi connectivity index (χ2v) is 5.39. The molecule has 1 aromatic heterocycles. The monoisotopic (exact) mass is 266 g/mol. The smallest absolute Gasteiger partial charge is 0.0730 e. The third kappa shape index (κ3) is 4.53. The van der Waals surface area contributed by atoms with E-state index in [0.29, 0.717) is 5.25 Å². The predicted molar refractivity (Wildman–Crippen MR) is 65.5 cm³/mol. The van der Waals surface area contributed by atoms with E-state index in [1.165, 1.54) is 9.35 Å². The molecule has 0 saturated carbocycles. The zero-order valence-electron chi connectivity index (χ0n) is 7.67. The predicted octanol–water partition coefficient (Wildman–Crippen LogP) is 4.40. The summed E-state index contributed by atoms with van der Waals surface area (Å²) in [5, 5.41) is 2.54. The Morgan fingerprint density at radius 1 is 1.58 bits per heavy atom. The summed E-state index contributed by atoms with van der Waals surface area (Å²) in [4.78, 5) is 0. The number of hydrogen-bond acceptors (Lipinski definition) is 2. The number of halogens is 1. The van der Waals surface area contributed by atoms with Gasteiger partial charge in [0, 0.05) is 5.25 Å². The summed E-state index contributed by atoms with van der Waals surface area (Å²) in [6.07, 6.45) is 1.05. The van der Waals surface area contributed by atoms with E-state index in [9.17, 15) is 0 Å². The first-order chi connectivity index (χ1) is 5.70. The standard InChI is InChI=1S/C7H9BrS2.C2H6/c1-5(9)4-6-2-3-10-7(6)8;1-2/h2-3,5,9H,4H2,1H3;1-2H3. The highest BCUT2D eigenvalue weighted by Crippen LogP contribution is 2.25. The van der Waals surface area contributed by atoms with Gasteiger partial charge in [0.05, 0.1) is 3.79 Å². The summed E-state index contributed by atoms with van der Waals surface area (Å²) in [7, 11) is 0. The molecule has 0 aliphatic rings. The molecule has 12 heavy (non-hydrogen) atoms. The quantitative estimate of drug-likeness (QED) is 0.754. The number of rotatable bonds is 2. The van der Waals surface area contributed by atoms with Crippen molar-refractivity contribution in [2.75, 3.05) is 0 Å². The van der Waals surface area contributed by atoms with Crippen molar-refractivity contribution in [1.82, 2.24) is 0 Å². The lowest BCUT2D eigenvalue weighted by atomic mass is 10.2. The molecule has 1 unspecified atom stereocenters. The molecule has 0 fully saturated rings. The highest BCUT2D eigenvalue weighted by atomic mass is 79.9. The van der Waals surface area contributed by atoms with E-state index >= 15 is 0 Å². The maximum absolute atomic E-state index is 4.32. The zero-order valence-corrected chi connectivity index (χ0v) is 11.0. The Bertz CT molecular complexity index is 206. The maximum Gasteiger partial charge on any atom is 0.0730 e. The molecule has 1 heterocycles. The van der Waals surface area contributed by atoms with Crippen LogP contribution in [-0.4, -0.2) is 5.25 Å². The third-order valence-corrected chi connectivity index (χ3v) is 3.20. The summed E-state index contributed by atoms with van der Waals surface area (Å²) < 4.78 is 1.24. The molecule has 0 bridgehead atoms. The van der Waals surface area contributed by atoms with Gasteiger partial charge in [-0.2, -0.15) is 12.6 Å². The molecule has 0 aromatic carbocycles. The minimum Gasteiger partial charge on any atom is -0.176 e. The SMILES string of the molecule is CC.CC(S)Cc1ccsc1Br. The van der Waals surface area contributed by atoms with Gasteiger partial charge in [-0.3, -0.25) is 0 Å². The molecule has 0 N–H and O–H groups in total. The van der Waals surface area contributed by atoms with Gasteiger partial charge >= 0.3 is 0 Å². The lowest BCUT2D eigenvalue weighted by Gasteiger charge is -2.00. The van der Waals surface area contributed by atoms with Gasteiger partial charge in [0.1, 0.15) is 0 Å². The topological polar surface area (TPSA) is 0 Å². The van der Waals surface area contributed by atoms with Gasteiger partial charge < -0.3 is 0 Å². The lowest BCUT2D eigenvalue weighted by molar-refractivity contribution is 0.952. The van der Waals surface area contributed by atoms with Crippen molar-refractivity contribution in [3.05, 3.63) is 20.8 Å². The normalized spacial score (nSPS) is 11.8. The van der Waals surface area contributed by atoms with Gasteiger partial charge in [-0.25, -0.2) is 0 Å². The van der Waals surface area contributed by atoms with Crippen LogP contribution in [0.4, 0.5) is 0 Å². The highest BCUT2D eigenvalue weighted by molar-refractivity contribution is 9.11. The molecule has 1 aromatic rings. The van der Waals surface area contributed by atoms with Crippen LogP contribution in [0.15, 0.2) is 15.2 Å². The molecule has 1 atom stereocenters. The molecular weight excluding hydrogens is 252 g/mol. The Balaban J connectivity index is 0.000000561. The fourth-order valence-corrected chi connectivity index (χ4v) is 2.25. The first-order valence-corrected chi connectivity index (χ1v) is 6.29. The lowest BCUT2D eigenvalue weighted by Crippen LogP contribution is -1.95. The molecule has 0 spiro atoms. The fourth-order valence-electron chi connectivity index (χ4n) is 0.784. The van der Waals surface area contributed by atoms with Crippen LogP contribution < -0.4 is 0 Å². The van der Waals surface area contributed by atoms with Gasteiger partial charge in [0.2, 0.25) is 0 Å². The minimum absolute atomic E-state index is 0.450. The molecule has 0 radical (unpaired) electrons. The number of hydrogen-bond donors (Lipinski definition) is 1. The van der Waals surface area contributed by atoms with Gasteiger partial charge in [-0.05, 0) is 39.4 Å². The second-order valence-electron chi connectivity index (χ2n) is 2.27. The molecule has 1 rings (SSSR count). The molecular formula is C9H15BrS2. The Hall–Kier alpha value is 0.530. The van der Waals surface area contributed by atoms with E-state index in [0.717, 1.165) is 6.42 Å². The Morgan fingerprint density at radius 3 is 2.50 bits per heavy atom. The van der Waals surface area contributed by atoms with Crippen molar-refractivity contribution >= 4 is 39.9 Å². The van der Waals surface area contributed by atoms with Gasteiger partial charge in [0.15, 0.2) is 0 Å². The van der Waals surface area contributed by atoms with Crippen molar-refractivity contribution in [2.45, 2.75) is 32.4 Å². The highest BCUT2D eigenvalue weighted by Gasteiger charge is 2.02. The van der Waals surface area contributed by atoms with Crippen LogP contribution in [0.1, 0.15) is 26.3 Å². The summed E-state index contributed by atoms with van der Waals surface area (Å²) in [6.45, 7) is 6.10. The number of thiophene rings is 1.